The van der Waals surface area contributed by atoms with Crippen LogP contribution in [0.3, 0.4) is 0 Å². The highest BCUT2D eigenvalue weighted by molar-refractivity contribution is 5.37. The van der Waals surface area contributed by atoms with Crippen molar-refractivity contribution < 1.29 is 9.47 Å². The SMILES string of the molecule is N[C@H]1c2ccccc2C[C@H]1OCc1ccc(CO[C@@H]2Cc3ccccc3[C@@H]2N)cc1. The number of hydrogen-bond acceptors (Lipinski definition) is 4. The van der Waals surface area contributed by atoms with Crippen LogP contribution in [0, 0.1) is 0 Å². The molecule has 0 radical (unpaired) electrons. The molecule has 0 amide bonds. The number of benzene rings is 3. The van der Waals surface area contributed by atoms with Crippen LogP contribution in [0.4, 0.5) is 0 Å². The van der Waals surface area contributed by atoms with Gasteiger partial charge in [0.05, 0.1) is 37.5 Å². The second kappa shape index (κ2) is 8.32. The predicted octanol–water partition coefficient (Wildman–Crippen LogP) is 3.97. The summed E-state index contributed by atoms with van der Waals surface area (Å²) < 4.78 is 12.3. The third kappa shape index (κ3) is 3.80. The van der Waals surface area contributed by atoms with E-state index in [0.717, 1.165) is 24.0 Å². The zero-order valence-electron chi connectivity index (χ0n) is 17.0. The van der Waals surface area contributed by atoms with Crippen molar-refractivity contribution in [2.45, 2.75) is 50.3 Å². The van der Waals surface area contributed by atoms with E-state index >= 15 is 0 Å². The number of hydrogen-bond donors (Lipinski definition) is 2. The molecular formula is C26H28N2O2. The molecule has 2 aliphatic rings. The smallest absolute Gasteiger partial charge is 0.0812 e. The maximum atomic E-state index is 6.37. The van der Waals surface area contributed by atoms with Gasteiger partial charge in [0.2, 0.25) is 0 Å². The number of nitrogens with two attached hydrogens (primary N) is 2. The Hall–Kier alpha value is -2.50. The van der Waals surface area contributed by atoms with Crippen LogP contribution in [-0.4, -0.2) is 12.2 Å². The fourth-order valence-corrected chi connectivity index (χ4v) is 4.64. The first-order valence-electron chi connectivity index (χ1n) is 10.7. The minimum Gasteiger partial charge on any atom is -0.371 e. The van der Waals surface area contributed by atoms with Crippen molar-refractivity contribution in [3.05, 3.63) is 106 Å². The monoisotopic (exact) mass is 400 g/mol. The summed E-state index contributed by atoms with van der Waals surface area (Å²) in [7, 11) is 0. The molecule has 0 heterocycles. The summed E-state index contributed by atoms with van der Waals surface area (Å²) in [5.41, 5.74) is 20.1. The summed E-state index contributed by atoms with van der Waals surface area (Å²) in [4.78, 5) is 0. The van der Waals surface area contributed by atoms with Crippen LogP contribution < -0.4 is 11.5 Å². The quantitative estimate of drug-likeness (QED) is 0.657. The van der Waals surface area contributed by atoms with Gasteiger partial charge in [-0.3, -0.25) is 0 Å². The summed E-state index contributed by atoms with van der Waals surface area (Å²) in [5, 5.41) is 0. The Morgan fingerprint density at radius 1 is 0.600 bits per heavy atom. The number of fused-ring (bicyclic) bond motifs is 2. The van der Waals surface area contributed by atoms with E-state index in [0.29, 0.717) is 13.2 Å². The van der Waals surface area contributed by atoms with Gasteiger partial charge >= 0.3 is 0 Å². The van der Waals surface area contributed by atoms with Gasteiger partial charge in [0.1, 0.15) is 0 Å². The number of rotatable bonds is 6. The largest absolute Gasteiger partial charge is 0.371 e. The van der Waals surface area contributed by atoms with Gasteiger partial charge in [0, 0.05) is 12.8 Å². The van der Waals surface area contributed by atoms with Crippen molar-refractivity contribution in [1.29, 1.82) is 0 Å². The van der Waals surface area contributed by atoms with E-state index in [1.807, 2.05) is 12.1 Å². The molecule has 3 aromatic carbocycles. The van der Waals surface area contributed by atoms with Gasteiger partial charge in [-0.15, -0.1) is 0 Å². The van der Waals surface area contributed by atoms with Gasteiger partial charge in [-0.25, -0.2) is 0 Å². The van der Waals surface area contributed by atoms with Crippen LogP contribution in [0.25, 0.3) is 0 Å². The Kier molecular flexibility index (Phi) is 5.40. The molecule has 5 rings (SSSR count). The first-order chi connectivity index (χ1) is 14.7. The Bertz CT molecular complexity index is 935. The summed E-state index contributed by atoms with van der Waals surface area (Å²) in [5.74, 6) is 0. The average molecular weight is 401 g/mol. The van der Waals surface area contributed by atoms with Crippen molar-refractivity contribution in [2.24, 2.45) is 11.5 Å². The van der Waals surface area contributed by atoms with Gasteiger partial charge in [-0.1, -0.05) is 72.8 Å². The Balaban J connectivity index is 1.13. The highest BCUT2D eigenvalue weighted by atomic mass is 16.5. The zero-order valence-corrected chi connectivity index (χ0v) is 17.0. The van der Waals surface area contributed by atoms with Crippen LogP contribution >= 0.6 is 0 Å². The lowest BCUT2D eigenvalue weighted by atomic mass is 10.1. The third-order valence-electron chi connectivity index (χ3n) is 6.42. The van der Waals surface area contributed by atoms with Crippen LogP contribution in [0.1, 0.15) is 45.5 Å². The molecule has 3 aromatic rings. The van der Waals surface area contributed by atoms with Gasteiger partial charge in [-0.2, -0.15) is 0 Å². The topological polar surface area (TPSA) is 70.5 Å². The van der Waals surface area contributed by atoms with Crippen LogP contribution in [-0.2, 0) is 35.5 Å². The molecule has 0 unspecified atom stereocenters. The normalized spacial score (nSPS) is 24.6. The summed E-state index contributed by atoms with van der Waals surface area (Å²) >= 11 is 0. The molecule has 4 nitrogen and oxygen atoms in total. The van der Waals surface area contributed by atoms with Gasteiger partial charge in [0.15, 0.2) is 0 Å². The molecule has 0 fully saturated rings. The molecule has 2 aliphatic carbocycles. The molecule has 4 heteroatoms. The van der Waals surface area contributed by atoms with E-state index < -0.39 is 0 Å². The molecule has 30 heavy (non-hydrogen) atoms. The highest BCUT2D eigenvalue weighted by Crippen LogP contribution is 2.33. The summed E-state index contributed by atoms with van der Waals surface area (Å²) in [6, 6.07) is 25.0. The molecule has 0 bridgehead atoms. The third-order valence-corrected chi connectivity index (χ3v) is 6.42. The average Bonchev–Trinajstić information content (AvgIpc) is 3.28. The minimum absolute atomic E-state index is 0.0379. The summed E-state index contributed by atoms with van der Waals surface area (Å²) in [6.07, 6.45) is 1.84. The summed E-state index contributed by atoms with van der Waals surface area (Å²) in [6.45, 7) is 1.13. The first-order valence-corrected chi connectivity index (χ1v) is 10.7. The highest BCUT2D eigenvalue weighted by Gasteiger charge is 2.31. The van der Waals surface area contributed by atoms with E-state index in [1.165, 1.54) is 22.3 Å². The van der Waals surface area contributed by atoms with Crippen molar-refractivity contribution in [1.82, 2.24) is 0 Å². The predicted molar refractivity (Wildman–Crippen MR) is 118 cm³/mol. The Morgan fingerprint density at radius 2 is 1.00 bits per heavy atom. The lowest BCUT2D eigenvalue weighted by Crippen LogP contribution is -2.25. The van der Waals surface area contributed by atoms with Gasteiger partial charge < -0.3 is 20.9 Å². The number of ether oxygens (including phenoxy) is 2. The standard InChI is InChI=1S/C26H28N2O2/c27-25-21-7-3-1-5-19(21)13-23(25)29-15-17-9-11-18(12-10-17)16-30-24-14-20-6-2-4-8-22(20)26(24)28/h1-12,23-26H,13-16,27-28H2/t23-,24-,25+,26+/m1/s1. The second-order valence-corrected chi connectivity index (χ2v) is 8.37. The fraction of sp³-hybridized carbons (Fsp3) is 0.308. The molecule has 0 saturated heterocycles. The Labute approximate surface area is 177 Å². The minimum atomic E-state index is -0.0476. The van der Waals surface area contributed by atoms with E-state index in [9.17, 15) is 0 Å². The van der Waals surface area contributed by atoms with Crippen LogP contribution in [0.5, 0.6) is 0 Å². The van der Waals surface area contributed by atoms with Crippen LogP contribution in [0.2, 0.25) is 0 Å². The first kappa shape index (κ1) is 19.5. The molecular weight excluding hydrogens is 372 g/mol. The molecule has 0 aromatic heterocycles. The van der Waals surface area contributed by atoms with Gasteiger partial charge in [-0.05, 0) is 33.4 Å². The maximum Gasteiger partial charge on any atom is 0.0812 e. The van der Waals surface area contributed by atoms with E-state index in [-0.39, 0.29) is 24.3 Å². The Morgan fingerprint density at radius 3 is 1.40 bits per heavy atom. The van der Waals surface area contributed by atoms with E-state index in [4.69, 9.17) is 20.9 Å². The van der Waals surface area contributed by atoms with Crippen LogP contribution in [0.15, 0.2) is 72.8 Å². The van der Waals surface area contributed by atoms with E-state index in [2.05, 4.69) is 60.7 Å². The van der Waals surface area contributed by atoms with Crippen molar-refractivity contribution in [2.75, 3.05) is 0 Å². The molecule has 0 spiro atoms. The van der Waals surface area contributed by atoms with Gasteiger partial charge in [0.25, 0.3) is 0 Å². The molecule has 4 N–H and O–H groups in total. The zero-order chi connectivity index (χ0) is 20.5. The fourth-order valence-electron chi connectivity index (χ4n) is 4.64. The molecule has 0 aliphatic heterocycles. The molecule has 4 atom stereocenters. The van der Waals surface area contributed by atoms with E-state index in [1.54, 1.807) is 0 Å². The molecule has 154 valence electrons. The maximum absolute atomic E-state index is 6.37. The van der Waals surface area contributed by atoms with Crippen molar-refractivity contribution in [3.63, 3.8) is 0 Å². The second-order valence-electron chi connectivity index (χ2n) is 8.37. The van der Waals surface area contributed by atoms with Crippen molar-refractivity contribution >= 4 is 0 Å². The van der Waals surface area contributed by atoms with Crippen molar-refractivity contribution in [3.8, 4) is 0 Å². The lowest BCUT2D eigenvalue weighted by molar-refractivity contribution is 0.0299. The lowest BCUT2D eigenvalue weighted by Gasteiger charge is -2.18. The molecule has 0 saturated carbocycles.